The van der Waals surface area contributed by atoms with Gasteiger partial charge in [0.25, 0.3) is 0 Å². The van der Waals surface area contributed by atoms with Crippen LogP contribution in [0.3, 0.4) is 0 Å². The summed E-state index contributed by atoms with van der Waals surface area (Å²) in [7, 11) is 0. The van der Waals surface area contributed by atoms with Crippen LogP contribution in [-0.4, -0.2) is 25.0 Å². The maximum absolute atomic E-state index is 6.07. The van der Waals surface area contributed by atoms with Crippen molar-refractivity contribution in [3.05, 3.63) is 28.2 Å². The number of hydrogen-bond donors (Lipinski definition) is 1. The van der Waals surface area contributed by atoms with Crippen LogP contribution in [0.5, 0.6) is 0 Å². The minimum Gasteiger partial charge on any atom is -0.376 e. The topological polar surface area (TPSA) is 30.5 Å². The van der Waals surface area contributed by atoms with Crippen LogP contribution in [0.1, 0.15) is 13.8 Å². The molecule has 1 aromatic rings. The molecule has 0 bridgehead atoms. The number of ether oxygens (including phenoxy) is 2. The zero-order valence-corrected chi connectivity index (χ0v) is 11.3. The first-order valence-corrected chi connectivity index (χ1v) is 6.21. The largest absolute Gasteiger partial charge is 0.376 e. The Labute approximate surface area is 111 Å². The van der Waals surface area contributed by atoms with Crippen molar-refractivity contribution < 1.29 is 9.47 Å². The van der Waals surface area contributed by atoms with Crippen LogP contribution in [0.4, 0.5) is 5.69 Å². The summed E-state index contributed by atoms with van der Waals surface area (Å²) in [5, 5.41) is 4.55. The molecule has 1 fully saturated rings. The van der Waals surface area contributed by atoms with Gasteiger partial charge in [-0.2, -0.15) is 0 Å². The molecule has 1 N–H and O–H groups in total. The molecule has 0 spiro atoms. The van der Waals surface area contributed by atoms with Gasteiger partial charge < -0.3 is 14.8 Å². The van der Waals surface area contributed by atoms with E-state index < -0.39 is 5.79 Å². The fourth-order valence-corrected chi connectivity index (χ4v) is 1.95. The van der Waals surface area contributed by atoms with E-state index in [1.807, 2.05) is 13.8 Å². The van der Waals surface area contributed by atoms with Gasteiger partial charge in [-0.05, 0) is 32.0 Å². The minimum absolute atomic E-state index is 0.0824. The van der Waals surface area contributed by atoms with Crippen LogP contribution >= 0.6 is 23.2 Å². The van der Waals surface area contributed by atoms with Gasteiger partial charge in [-0.1, -0.05) is 23.2 Å². The Morgan fingerprint density at radius 2 is 1.88 bits per heavy atom. The van der Waals surface area contributed by atoms with Crippen LogP contribution in [0, 0.1) is 0 Å². The lowest BCUT2D eigenvalue weighted by atomic mass is 10.2. The maximum Gasteiger partial charge on any atom is 0.162 e. The lowest BCUT2D eigenvalue weighted by Crippen LogP contribution is -2.45. The number of rotatable bonds is 2. The standard InChI is InChI=1S/C12H15Cl2NO2/c1-12(2)16-6-9(7-17-12)15-11-5-8(13)3-4-10(11)14/h3-5,9,15H,6-7H2,1-2H3. The summed E-state index contributed by atoms with van der Waals surface area (Å²) >= 11 is 12.0. The Morgan fingerprint density at radius 1 is 1.24 bits per heavy atom. The molecular weight excluding hydrogens is 261 g/mol. The molecule has 0 unspecified atom stereocenters. The van der Waals surface area contributed by atoms with E-state index in [0.717, 1.165) is 5.69 Å². The fraction of sp³-hybridized carbons (Fsp3) is 0.500. The SMILES string of the molecule is CC1(C)OCC(Nc2cc(Cl)ccc2Cl)CO1. The van der Waals surface area contributed by atoms with E-state index in [0.29, 0.717) is 23.3 Å². The molecular formula is C12H15Cl2NO2. The Balaban J connectivity index is 2.00. The van der Waals surface area contributed by atoms with Gasteiger partial charge in [0, 0.05) is 5.02 Å². The Kier molecular flexibility index (Phi) is 3.83. The molecule has 0 radical (unpaired) electrons. The first kappa shape index (κ1) is 13.0. The molecule has 0 amide bonds. The molecule has 1 saturated heterocycles. The second-order valence-electron chi connectivity index (χ2n) is 4.49. The third-order valence-corrected chi connectivity index (χ3v) is 3.12. The number of hydrogen-bond acceptors (Lipinski definition) is 3. The highest BCUT2D eigenvalue weighted by atomic mass is 35.5. The zero-order chi connectivity index (χ0) is 12.5. The van der Waals surface area contributed by atoms with Crippen LogP contribution in [-0.2, 0) is 9.47 Å². The van der Waals surface area contributed by atoms with Crippen LogP contribution < -0.4 is 5.32 Å². The van der Waals surface area contributed by atoms with E-state index in [1.54, 1.807) is 18.2 Å². The summed E-state index contributed by atoms with van der Waals surface area (Å²) in [5.41, 5.74) is 0.802. The van der Waals surface area contributed by atoms with Gasteiger partial charge in [0.05, 0.1) is 30.0 Å². The first-order valence-electron chi connectivity index (χ1n) is 5.46. The van der Waals surface area contributed by atoms with Gasteiger partial charge in [-0.15, -0.1) is 0 Å². The van der Waals surface area contributed by atoms with E-state index in [1.165, 1.54) is 0 Å². The first-order chi connectivity index (χ1) is 7.96. The molecule has 2 rings (SSSR count). The van der Waals surface area contributed by atoms with Crippen molar-refractivity contribution in [2.24, 2.45) is 0 Å². The summed E-state index contributed by atoms with van der Waals surface area (Å²) < 4.78 is 11.1. The predicted octanol–water partition coefficient (Wildman–Crippen LogP) is 3.56. The molecule has 3 nitrogen and oxygen atoms in total. The Morgan fingerprint density at radius 3 is 2.53 bits per heavy atom. The quantitative estimate of drug-likeness (QED) is 0.896. The van der Waals surface area contributed by atoms with Crippen LogP contribution in [0.2, 0.25) is 10.0 Å². The third kappa shape index (κ3) is 3.49. The van der Waals surface area contributed by atoms with Gasteiger partial charge >= 0.3 is 0 Å². The lowest BCUT2D eigenvalue weighted by Gasteiger charge is -2.35. The highest BCUT2D eigenvalue weighted by Gasteiger charge is 2.28. The van der Waals surface area contributed by atoms with Crippen molar-refractivity contribution in [1.29, 1.82) is 0 Å². The lowest BCUT2D eigenvalue weighted by molar-refractivity contribution is -0.247. The average molecular weight is 276 g/mol. The normalized spacial score (nSPS) is 20.2. The van der Waals surface area contributed by atoms with Crippen molar-refractivity contribution in [1.82, 2.24) is 0 Å². The fourth-order valence-electron chi connectivity index (χ4n) is 1.60. The van der Waals surface area contributed by atoms with Gasteiger partial charge in [-0.3, -0.25) is 0 Å². The van der Waals surface area contributed by atoms with E-state index in [9.17, 15) is 0 Å². The molecule has 0 saturated carbocycles. The van der Waals surface area contributed by atoms with Gasteiger partial charge in [-0.25, -0.2) is 0 Å². The molecule has 0 atom stereocenters. The van der Waals surface area contributed by atoms with E-state index in [2.05, 4.69) is 5.32 Å². The summed E-state index contributed by atoms with van der Waals surface area (Å²) in [6, 6.07) is 5.40. The van der Waals surface area contributed by atoms with Gasteiger partial charge in [0.1, 0.15) is 0 Å². The highest BCUT2D eigenvalue weighted by Crippen LogP contribution is 2.27. The van der Waals surface area contributed by atoms with Crippen molar-refractivity contribution >= 4 is 28.9 Å². The Bertz CT molecular complexity index is 399. The van der Waals surface area contributed by atoms with Gasteiger partial charge in [0.2, 0.25) is 0 Å². The molecule has 1 aliphatic heterocycles. The second-order valence-corrected chi connectivity index (χ2v) is 5.33. The van der Waals surface area contributed by atoms with Crippen LogP contribution in [0.25, 0.3) is 0 Å². The molecule has 0 aliphatic carbocycles. The summed E-state index contributed by atoms with van der Waals surface area (Å²) in [4.78, 5) is 0. The van der Waals surface area contributed by atoms with Crippen LogP contribution in [0.15, 0.2) is 18.2 Å². The molecule has 94 valence electrons. The van der Waals surface area contributed by atoms with Crippen molar-refractivity contribution in [3.63, 3.8) is 0 Å². The highest BCUT2D eigenvalue weighted by molar-refractivity contribution is 6.35. The van der Waals surface area contributed by atoms with Crippen molar-refractivity contribution in [2.75, 3.05) is 18.5 Å². The number of halogens is 2. The third-order valence-electron chi connectivity index (χ3n) is 2.55. The molecule has 1 aromatic carbocycles. The van der Waals surface area contributed by atoms with E-state index >= 15 is 0 Å². The summed E-state index contributed by atoms with van der Waals surface area (Å²) in [6.07, 6.45) is 0. The predicted molar refractivity (Wildman–Crippen MR) is 69.9 cm³/mol. The maximum atomic E-state index is 6.07. The van der Waals surface area contributed by atoms with E-state index in [-0.39, 0.29) is 6.04 Å². The summed E-state index contributed by atoms with van der Waals surface area (Å²) in [5.74, 6) is -0.504. The summed E-state index contributed by atoms with van der Waals surface area (Å²) in [6.45, 7) is 4.96. The molecule has 5 heteroatoms. The number of nitrogens with one attached hydrogen (secondary N) is 1. The van der Waals surface area contributed by atoms with Gasteiger partial charge in [0.15, 0.2) is 5.79 Å². The molecule has 1 aliphatic rings. The second kappa shape index (κ2) is 5.02. The minimum atomic E-state index is -0.504. The molecule has 1 heterocycles. The molecule has 0 aromatic heterocycles. The van der Waals surface area contributed by atoms with Crippen molar-refractivity contribution in [2.45, 2.75) is 25.7 Å². The molecule has 17 heavy (non-hydrogen) atoms. The smallest absolute Gasteiger partial charge is 0.162 e. The zero-order valence-electron chi connectivity index (χ0n) is 9.80. The average Bonchev–Trinajstić information content (AvgIpc) is 2.26. The Hall–Kier alpha value is -0.480. The number of benzene rings is 1. The van der Waals surface area contributed by atoms with Crippen molar-refractivity contribution in [3.8, 4) is 0 Å². The number of anilines is 1. The monoisotopic (exact) mass is 275 g/mol. The van der Waals surface area contributed by atoms with E-state index in [4.69, 9.17) is 32.7 Å².